The Morgan fingerprint density at radius 3 is 2.37 bits per heavy atom. The highest BCUT2D eigenvalue weighted by molar-refractivity contribution is 6.06. The molecule has 1 fully saturated rings. The SMILES string of the molecule is Cn1c(CNc2cccc(C(=O)NC3CCOc4ccc(OCCCCCCOCCOCCOCCCCCC(=O)Nc5cccc6c5CN(C5CCC(=O)NC5=O)C6=O)cc43)c2)nnc1-c1ccncn1. The van der Waals surface area contributed by atoms with Gasteiger partial charge < -0.3 is 49.1 Å². The number of amides is 5. The highest BCUT2D eigenvalue weighted by Gasteiger charge is 2.40. The second-order valence-electron chi connectivity index (χ2n) is 18.1. The first kappa shape index (κ1) is 52.0. The molecule has 0 aliphatic carbocycles. The van der Waals surface area contributed by atoms with E-state index in [2.05, 4.69) is 41.4 Å². The number of nitrogens with zero attached hydrogens (tertiary/aromatic N) is 6. The predicted molar refractivity (Wildman–Crippen MR) is 269 cm³/mol. The molecule has 20 nitrogen and oxygen atoms in total. The summed E-state index contributed by atoms with van der Waals surface area (Å²) < 4.78 is 31.0. The Morgan fingerprint density at radius 1 is 0.822 bits per heavy atom. The summed E-state index contributed by atoms with van der Waals surface area (Å²) in [6.07, 6.45) is 10.8. The van der Waals surface area contributed by atoms with E-state index in [1.807, 2.05) is 48.0 Å². The number of nitrogens with one attached hydrogen (secondary N) is 4. The van der Waals surface area contributed by atoms with Gasteiger partial charge in [-0.05, 0) is 93.1 Å². The van der Waals surface area contributed by atoms with Gasteiger partial charge in [0.25, 0.3) is 11.8 Å². The Kier molecular flexibility index (Phi) is 18.8. The molecule has 386 valence electrons. The molecule has 0 saturated carbocycles. The van der Waals surface area contributed by atoms with Crippen molar-refractivity contribution in [3.8, 4) is 23.0 Å². The van der Waals surface area contributed by atoms with E-state index in [1.165, 1.54) is 11.2 Å². The van der Waals surface area contributed by atoms with Gasteiger partial charge in [0, 0.05) is 85.9 Å². The van der Waals surface area contributed by atoms with Crippen molar-refractivity contribution in [3.05, 3.63) is 107 Å². The Hall–Kier alpha value is -7.29. The number of carbonyl (C=O) groups is 5. The molecule has 4 N–H and O–H groups in total. The van der Waals surface area contributed by atoms with E-state index >= 15 is 0 Å². The summed E-state index contributed by atoms with van der Waals surface area (Å²) in [6.45, 7) is 4.94. The molecule has 5 heterocycles. The van der Waals surface area contributed by atoms with Gasteiger partial charge in [-0.2, -0.15) is 0 Å². The maximum Gasteiger partial charge on any atom is 0.255 e. The van der Waals surface area contributed by atoms with Crippen molar-refractivity contribution in [3.63, 3.8) is 0 Å². The van der Waals surface area contributed by atoms with Gasteiger partial charge >= 0.3 is 0 Å². The molecule has 8 rings (SSSR count). The smallest absolute Gasteiger partial charge is 0.255 e. The van der Waals surface area contributed by atoms with Crippen LogP contribution in [0.3, 0.4) is 0 Å². The number of unbranched alkanes of at least 4 members (excludes halogenated alkanes) is 5. The van der Waals surface area contributed by atoms with Crippen molar-refractivity contribution in [1.29, 1.82) is 0 Å². The van der Waals surface area contributed by atoms with E-state index < -0.39 is 11.9 Å². The zero-order valence-electron chi connectivity index (χ0n) is 41.3. The van der Waals surface area contributed by atoms with Crippen LogP contribution in [0.5, 0.6) is 11.5 Å². The lowest BCUT2D eigenvalue weighted by Crippen LogP contribution is -2.52. The van der Waals surface area contributed by atoms with Crippen LogP contribution in [0.2, 0.25) is 0 Å². The molecule has 0 spiro atoms. The summed E-state index contributed by atoms with van der Waals surface area (Å²) in [7, 11) is 1.89. The minimum absolute atomic E-state index is 0.137. The number of fused-ring (bicyclic) bond motifs is 2. The van der Waals surface area contributed by atoms with E-state index in [0.29, 0.717) is 113 Å². The van der Waals surface area contributed by atoms with Gasteiger partial charge in [0.05, 0.1) is 52.2 Å². The molecule has 3 aromatic carbocycles. The second-order valence-corrected chi connectivity index (χ2v) is 18.1. The Balaban J connectivity index is 0.618. The van der Waals surface area contributed by atoms with Crippen LogP contribution in [-0.4, -0.2) is 118 Å². The summed E-state index contributed by atoms with van der Waals surface area (Å²) in [6, 6.07) is 19.2. The topological polar surface area (TPSA) is 239 Å². The number of carbonyl (C=O) groups excluding carboxylic acids is 5. The van der Waals surface area contributed by atoms with Crippen LogP contribution in [-0.2, 0) is 48.7 Å². The van der Waals surface area contributed by atoms with Crippen LogP contribution < -0.4 is 30.7 Å². The van der Waals surface area contributed by atoms with Gasteiger partial charge in [-0.3, -0.25) is 29.3 Å². The highest BCUT2D eigenvalue weighted by Crippen LogP contribution is 2.36. The molecule has 2 aromatic heterocycles. The Labute approximate surface area is 424 Å². The molecule has 3 aliphatic heterocycles. The number of benzene rings is 3. The zero-order valence-corrected chi connectivity index (χ0v) is 41.3. The third-order valence-corrected chi connectivity index (χ3v) is 12.9. The monoisotopic (exact) mass is 1000 g/mol. The van der Waals surface area contributed by atoms with Gasteiger partial charge in [-0.1, -0.05) is 25.0 Å². The quantitative estimate of drug-likeness (QED) is 0.0328. The van der Waals surface area contributed by atoms with Gasteiger partial charge in [0.15, 0.2) is 11.6 Å². The summed E-state index contributed by atoms with van der Waals surface area (Å²) in [5.41, 5.74) is 4.61. The third kappa shape index (κ3) is 14.4. The molecule has 5 aromatic rings. The van der Waals surface area contributed by atoms with Crippen LogP contribution in [0.4, 0.5) is 11.4 Å². The Morgan fingerprint density at radius 2 is 1.59 bits per heavy atom. The fourth-order valence-electron chi connectivity index (χ4n) is 8.94. The lowest BCUT2D eigenvalue weighted by Gasteiger charge is -2.29. The van der Waals surface area contributed by atoms with Gasteiger partial charge in [-0.15, -0.1) is 10.2 Å². The van der Waals surface area contributed by atoms with E-state index in [1.54, 1.807) is 36.5 Å². The predicted octanol–water partition coefficient (Wildman–Crippen LogP) is 6.09. The second kappa shape index (κ2) is 26.4. The molecule has 5 amide bonds. The number of piperidine rings is 1. The summed E-state index contributed by atoms with van der Waals surface area (Å²) in [5, 5.41) is 20.4. The lowest BCUT2D eigenvalue weighted by molar-refractivity contribution is -0.137. The van der Waals surface area contributed by atoms with Gasteiger partial charge in [-0.25, -0.2) is 9.97 Å². The number of anilines is 2. The molecule has 2 unspecified atom stereocenters. The number of hydrogen-bond acceptors (Lipinski definition) is 15. The van der Waals surface area contributed by atoms with Crippen LogP contribution in [0.25, 0.3) is 11.5 Å². The lowest BCUT2D eigenvalue weighted by atomic mass is 9.99. The van der Waals surface area contributed by atoms with Crippen LogP contribution in [0.15, 0.2) is 79.3 Å². The van der Waals surface area contributed by atoms with Crippen LogP contribution in [0, 0.1) is 0 Å². The number of ether oxygens (including phenoxy) is 5. The fraction of sp³-hybridized carbons (Fsp3) is 0.453. The first-order valence-electron chi connectivity index (χ1n) is 25.2. The normalized spacial score (nSPS) is 16.1. The molecule has 0 radical (unpaired) electrons. The number of imide groups is 1. The van der Waals surface area contributed by atoms with E-state index in [4.69, 9.17) is 23.7 Å². The summed E-state index contributed by atoms with van der Waals surface area (Å²) >= 11 is 0. The molecule has 20 heteroatoms. The summed E-state index contributed by atoms with van der Waals surface area (Å²) in [5.74, 6) is 1.45. The van der Waals surface area contributed by atoms with Crippen molar-refractivity contribution in [2.45, 2.75) is 95.8 Å². The van der Waals surface area contributed by atoms with E-state index in [0.717, 1.165) is 67.1 Å². The van der Waals surface area contributed by atoms with E-state index in [-0.39, 0.29) is 49.1 Å². The van der Waals surface area contributed by atoms with E-state index in [9.17, 15) is 24.0 Å². The largest absolute Gasteiger partial charge is 0.494 e. The molecule has 1 saturated heterocycles. The number of rotatable bonds is 28. The maximum atomic E-state index is 13.5. The van der Waals surface area contributed by atoms with Crippen molar-refractivity contribution < 1.29 is 47.7 Å². The van der Waals surface area contributed by atoms with Gasteiger partial charge in [0.2, 0.25) is 17.7 Å². The molecule has 0 bridgehead atoms. The third-order valence-electron chi connectivity index (χ3n) is 12.9. The molecular formula is C53H64N10O10. The van der Waals surface area contributed by atoms with Crippen molar-refractivity contribution >= 4 is 40.9 Å². The van der Waals surface area contributed by atoms with Crippen molar-refractivity contribution in [2.24, 2.45) is 7.05 Å². The minimum Gasteiger partial charge on any atom is -0.494 e. The molecule has 2 atom stereocenters. The van der Waals surface area contributed by atoms with Gasteiger partial charge in [0.1, 0.15) is 29.6 Å². The molecule has 73 heavy (non-hydrogen) atoms. The average molecular weight is 1000 g/mol. The molecular weight excluding hydrogens is 937 g/mol. The number of aromatic nitrogens is 5. The fourth-order valence-corrected chi connectivity index (χ4v) is 8.94. The average Bonchev–Trinajstić information content (AvgIpc) is 3.95. The van der Waals surface area contributed by atoms with Crippen LogP contribution >= 0.6 is 0 Å². The zero-order chi connectivity index (χ0) is 50.8. The van der Waals surface area contributed by atoms with Crippen molar-refractivity contribution in [1.82, 2.24) is 40.3 Å². The highest BCUT2D eigenvalue weighted by atomic mass is 16.5. The standard InChI is InChI=1S/C53H64N10O10/c1-62-47(60-61-50(62)44-20-22-54-35-56-44)33-55-37-12-9-11-36(31-37)51(66)58-43-21-26-73-46-18-16-38(32-40(43)46)72-25-8-3-2-6-23-69-27-29-71-30-28-70-24-7-4-5-15-48(64)57-42-14-10-13-39-41(42)34-63(53(39)68)45-17-19-49(65)59-52(45)67/h9-14,16,18,20,22,31-32,35,43,45,55H,2-8,15,17,19,21,23-30,33-34H2,1H3,(H,57,64)(H,58,66)(H,59,65,67). The number of hydrogen-bond donors (Lipinski definition) is 4. The van der Waals surface area contributed by atoms with Crippen LogP contribution in [0.1, 0.15) is 114 Å². The first-order chi connectivity index (χ1) is 35.7. The summed E-state index contributed by atoms with van der Waals surface area (Å²) in [4.78, 5) is 73.0. The maximum absolute atomic E-state index is 13.5. The Bertz CT molecular complexity index is 2680. The van der Waals surface area contributed by atoms with Crippen molar-refractivity contribution in [2.75, 3.05) is 63.5 Å². The first-order valence-corrected chi connectivity index (χ1v) is 25.2. The minimum atomic E-state index is -0.707. The molecule has 3 aliphatic rings.